The van der Waals surface area contributed by atoms with Crippen LogP contribution in [0.15, 0.2) is 91.0 Å². The van der Waals surface area contributed by atoms with Crippen molar-refractivity contribution in [3.63, 3.8) is 0 Å². The summed E-state index contributed by atoms with van der Waals surface area (Å²) >= 11 is 0. The van der Waals surface area contributed by atoms with Gasteiger partial charge in [0.15, 0.2) is 0 Å². The lowest BCUT2D eigenvalue weighted by molar-refractivity contribution is -0.149. The summed E-state index contributed by atoms with van der Waals surface area (Å²) in [6.45, 7) is 3.86. The molecule has 3 heterocycles. The van der Waals surface area contributed by atoms with Crippen LogP contribution in [-0.2, 0) is 32.1 Å². The molecule has 3 aromatic carbocycles. The Morgan fingerprint density at radius 3 is 2.17 bits per heavy atom. The van der Waals surface area contributed by atoms with Gasteiger partial charge in [0.05, 0.1) is 30.1 Å². The third kappa shape index (κ3) is 4.59. The fourth-order valence-electron chi connectivity index (χ4n) is 7.53. The molecule has 3 N–H and O–H groups in total. The normalized spacial score (nSPS) is 30.2. The van der Waals surface area contributed by atoms with Gasteiger partial charge in [0.1, 0.15) is 11.6 Å². The molecule has 3 aliphatic rings. The van der Waals surface area contributed by atoms with E-state index in [4.69, 9.17) is 4.74 Å². The van der Waals surface area contributed by atoms with Crippen molar-refractivity contribution in [2.24, 2.45) is 17.8 Å². The van der Waals surface area contributed by atoms with E-state index in [0.717, 1.165) is 11.1 Å². The van der Waals surface area contributed by atoms with Crippen LogP contribution in [0.4, 0.5) is 5.69 Å². The quantitative estimate of drug-likeness (QED) is 0.367. The first kappa shape index (κ1) is 28.1. The van der Waals surface area contributed by atoms with E-state index in [1.165, 1.54) is 4.90 Å². The molecule has 3 amide bonds. The Labute approximate surface area is 246 Å². The summed E-state index contributed by atoms with van der Waals surface area (Å²) in [6.07, 6.45) is 0.820. The highest BCUT2D eigenvalue weighted by molar-refractivity contribution is 6.02. The molecule has 42 heavy (non-hydrogen) atoms. The second kappa shape index (κ2) is 11.0. The van der Waals surface area contributed by atoms with Crippen LogP contribution in [0.3, 0.4) is 0 Å². The summed E-state index contributed by atoms with van der Waals surface area (Å²) in [6, 6.07) is 26.7. The number of fused-ring (bicyclic) bond motifs is 1. The Morgan fingerprint density at radius 1 is 0.952 bits per heavy atom. The number of rotatable bonds is 9. The van der Waals surface area contributed by atoms with Gasteiger partial charge in [0, 0.05) is 12.2 Å². The first-order valence-corrected chi connectivity index (χ1v) is 14.6. The number of nitrogens with zero attached hydrogens (tertiary/aromatic N) is 1. The Balaban J connectivity index is 1.39. The van der Waals surface area contributed by atoms with Crippen molar-refractivity contribution in [2.45, 2.75) is 56.5 Å². The lowest BCUT2D eigenvalue weighted by atomic mass is 9.62. The predicted molar refractivity (Wildman–Crippen MR) is 158 cm³/mol. The number of benzene rings is 3. The van der Waals surface area contributed by atoms with Crippen molar-refractivity contribution in [3.05, 3.63) is 102 Å². The molecular formula is C34H37N3O5. The van der Waals surface area contributed by atoms with Gasteiger partial charge >= 0.3 is 0 Å². The maximum absolute atomic E-state index is 14.5. The fraction of sp³-hybridized carbons (Fsp3) is 0.382. The van der Waals surface area contributed by atoms with Gasteiger partial charge in [-0.05, 0) is 48.9 Å². The number of carbonyl (C=O) groups is 3. The lowest BCUT2D eigenvalue weighted by Crippen LogP contribution is -2.58. The summed E-state index contributed by atoms with van der Waals surface area (Å²) in [7, 11) is 0. The number of nitrogens with one attached hydrogen (secondary N) is 2. The van der Waals surface area contributed by atoms with Crippen LogP contribution in [0.2, 0.25) is 0 Å². The van der Waals surface area contributed by atoms with Gasteiger partial charge in [-0.25, -0.2) is 0 Å². The zero-order chi connectivity index (χ0) is 29.5. The molecule has 0 radical (unpaired) electrons. The number of ether oxygens (including phenoxy) is 1. The zero-order valence-corrected chi connectivity index (χ0v) is 23.9. The van der Waals surface area contributed by atoms with Gasteiger partial charge < -0.3 is 25.4 Å². The number of anilines is 1. The first-order chi connectivity index (χ1) is 20.3. The average Bonchev–Trinajstić information content (AvgIpc) is 3.52. The molecule has 3 aromatic rings. The number of hydrogen-bond acceptors (Lipinski definition) is 5. The Morgan fingerprint density at radius 2 is 1.55 bits per heavy atom. The van der Waals surface area contributed by atoms with E-state index >= 15 is 0 Å². The third-order valence-corrected chi connectivity index (χ3v) is 9.55. The van der Waals surface area contributed by atoms with Gasteiger partial charge in [0.25, 0.3) is 0 Å². The molecule has 3 unspecified atom stereocenters. The van der Waals surface area contributed by atoms with Gasteiger partial charge in [-0.2, -0.15) is 0 Å². The number of hydrogen-bond donors (Lipinski definition) is 3. The highest BCUT2D eigenvalue weighted by atomic mass is 16.5. The molecule has 8 heteroatoms. The van der Waals surface area contributed by atoms with Gasteiger partial charge in [-0.1, -0.05) is 85.8 Å². The molecule has 3 aliphatic heterocycles. The van der Waals surface area contributed by atoms with Crippen molar-refractivity contribution in [2.75, 3.05) is 11.9 Å². The van der Waals surface area contributed by atoms with Crippen LogP contribution in [0, 0.1) is 17.8 Å². The second-order valence-corrected chi connectivity index (χ2v) is 12.0. The van der Waals surface area contributed by atoms with E-state index in [0.29, 0.717) is 18.5 Å². The van der Waals surface area contributed by atoms with E-state index in [9.17, 15) is 19.5 Å². The second-order valence-electron chi connectivity index (χ2n) is 12.0. The standard InChI is InChI=1S/C34H37N3O5/c1-22-19-34-28(27(33(22,2)42-34)30(39)36-25-16-10-5-11-17-25)32(41)37(26(21-38)18-23-12-6-3-7-13-23)29(34)31(40)35-20-24-14-8-4-9-15-24/h3-17,22,26-29,38H,18-21H2,1-2H3,(H,35,40)(H,36,39)/t22?,26-,27+,28+,29?,33-,34?/m1/s1. The molecule has 6 rings (SSSR count). The molecule has 218 valence electrons. The smallest absolute Gasteiger partial charge is 0.246 e. The highest BCUT2D eigenvalue weighted by Gasteiger charge is 2.80. The number of aliphatic hydroxyl groups excluding tert-OH is 1. The summed E-state index contributed by atoms with van der Waals surface area (Å²) in [5.41, 5.74) is 0.362. The van der Waals surface area contributed by atoms with E-state index < -0.39 is 35.1 Å². The van der Waals surface area contributed by atoms with Crippen molar-refractivity contribution in [1.29, 1.82) is 0 Å². The van der Waals surface area contributed by atoms with Crippen molar-refractivity contribution < 1.29 is 24.2 Å². The van der Waals surface area contributed by atoms with E-state index in [1.54, 1.807) is 12.1 Å². The molecule has 3 fully saturated rings. The molecule has 1 spiro atoms. The maximum atomic E-state index is 14.5. The topological polar surface area (TPSA) is 108 Å². The largest absolute Gasteiger partial charge is 0.394 e. The number of carbonyl (C=O) groups excluding carboxylic acids is 3. The minimum Gasteiger partial charge on any atom is -0.394 e. The molecule has 2 bridgehead atoms. The number of para-hydroxylation sites is 1. The Kier molecular flexibility index (Phi) is 7.37. The fourth-order valence-corrected chi connectivity index (χ4v) is 7.53. The van der Waals surface area contributed by atoms with Crippen molar-refractivity contribution in [3.8, 4) is 0 Å². The van der Waals surface area contributed by atoms with E-state index in [-0.39, 0.29) is 36.8 Å². The number of amides is 3. The number of aliphatic hydroxyl groups is 1. The predicted octanol–water partition coefficient (Wildman–Crippen LogP) is 3.56. The first-order valence-electron chi connectivity index (χ1n) is 14.6. The molecule has 3 saturated heterocycles. The Bertz CT molecular complexity index is 1450. The molecular weight excluding hydrogens is 530 g/mol. The molecule has 0 aromatic heterocycles. The maximum Gasteiger partial charge on any atom is 0.246 e. The van der Waals surface area contributed by atoms with Crippen molar-refractivity contribution in [1.82, 2.24) is 10.2 Å². The molecule has 0 aliphatic carbocycles. The van der Waals surface area contributed by atoms with E-state index in [2.05, 4.69) is 10.6 Å². The van der Waals surface area contributed by atoms with Crippen LogP contribution in [-0.4, -0.2) is 57.6 Å². The van der Waals surface area contributed by atoms with Crippen LogP contribution in [0.5, 0.6) is 0 Å². The average molecular weight is 568 g/mol. The monoisotopic (exact) mass is 567 g/mol. The molecule has 8 nitrogen and oxygen atoms in total. The van der Waals surface area contributed by atoms with Gasteiger partial charge in [0.2, 0.25) is 17.7 Å². The minimum absolute atomic E-state index is 0.0841. The SMILES string of the molecule is CC1CC23O[C@@]1(C)[C@H](C(=O)Nc1ccccc1)[C@H]2C(=O)N([C@@H](CO)Cc1ccccc1)C3C(=O)NCc1ccccc1. The summed E-state index contributed by atoms with van der Waals surface area (Å²) in [4.78, 5) is 44.2. The summed E-state index contributed by atoms with van der Waals surface area (Å²) in [5, 5.41) is 16.7. The number of likely N-dealkylation sites (tertiary alicyclic amines) is 1. The Hall–Kier alpha value is -4.01. The molecule has 0 saturated carbocycles. The van der Waals surface area contributed by atoms with Gasteiger partial charge in [-0.3, -0.25) is 14.4 Å². The minimum atomic E-state index is -1.20. The van der Waals surface area contributed by atoms with Crippen LogP contribution >= 0.6 is 0 Å². The lowest BCUT2D eigenvalue weighted by Gasteiger charge is -2.37. The zero-order valence-electron chi connectivity index (χ0n) is 23.9. The summed E-state index contributed by atoms with van der Waals surface area (Å²) < 4.78 is 6.82. The van der Waals surface area contributed by atoms with Crippen LogP contribution in [0.25, 0.3) is 0 Å². The molecule has 7 atom stereocenters. The van der Waals surface area contributed by atoms with Crippen LogP contribution < -0.4 is 10.6 Å². The summed E-state index contributed by atoms with van der Waals surface area (Å²) in [5.74, 6) is -2.72. The highest BCUT2D eigenvalue weighted by Crippen LogP contribution is 2.65. The van der Waals surface area contributed by atoms with Crippen molar-refractivity contribution >= 4 is 23.4 Å². The van der Waals surface area contributed by atoms with Gasteiger partial charge in [-0.15, -0.1) is 0 Å². The van der Waals surface area contributed by atoms with E-state index in [1.807, 2.05) is 92.7 Å². The van der Waals surface area contributed by atoms with Crippen LogP contribution in [0.1, 0.15) is 31.4 Å². The third-order valence-electron chi connectivity index (χ3n) is 9.55.